The topological polar surface area (TPSA) is 126 Å². The molecule has 1 saturated heterocycles. The Labute approximate surface area is 258 Å². The molecule has 44 heavy (non-hydrogen) atoms. The second-order valence-corrected chi connectivity index (χ2v) is 12.3. The van der Waals surface area contributed by atoms with Gasteiger partial charge in [0.15, 0.2) is 5.82 Å². The lowest BCUT2D eigenvalue weighted by atomic mass is 9.97. The lowest BCUT2D eigenvalue weighted by Crippen LogP contribution is -2.48. The van der Waals surface area contributed by atoms with E-state index >= 15 is 0 Å². The van der Waals surface area contributed by atoms with Crippen LogP contribution in [0.2, 0.25) is 0 Å². The summed E-state index contributed by atoms with van der Waals surface area (Å²) in [5.41, 5.74) is 3.63. The fourth-order valence-corrected chi connectivity index (χ4v) is 6.03. The molecule has 11 nitrogen and oxygen atoms in total. The zero-order valence-electron chi connectivity index (χ0n) is 25.9. The highest BCUT2D eigenvalue weighted by molar-refractivity contribution is 5.94. The Bertz CT molecular complexity index is 1520. The first-order valence-corrected chi connectivity index (χ1v) is 15.0. The molecule has 2 aliphatic rings. The van der Waals surface area contributed by atoms with Crippen LogP contribution in [0.25, 0.3) is 0 Å². The van der Waals surface area contributed by atoms with E-state index in [4.69, 9.17) is 0 Å². The molecule has 3 heterocycles. The lowest BCUT2D eigenvalue weighted by molar-refractivity contribution is -0.130. The fraction of sp³-hybridized carbons (Fsp3) is 0.394. The molecule has 1 fully saturated rings. The number of aromatic nitrogens is 2. The van der Waals surface area contributed by atoms with Crippen LogP contribution in [0.1, 0.15) is 49.6 Å². The number of aromatic amines is 1. The van der Waals surface area contributed by atoms with Crippen molar-refractivity contribution in [3.63, 3.8) is 0 Å². The Kier molecular flexibility index (Phi) is 9.05. The summed E-state index contributed by atoms with van der Waals surface area (Å²) in [6, 6.07) is 17.1. The molecule has 11 heteroatoms. The Morgan fingerprint density at radius 1 is 1.14 bits per heavy atom. The second kappa shape index (κ2) is 12.9. The van der Waals surface area contributed by atoms with Crippen LogP contribution >= 0.6 is 0 Å². The number of nitrogens with zero attached hydrogens (tertiary/aromatic N) is 4. The minimum atomic E-state index is -0.609. The van der Waals surface area contributed by atoms with Crippen LogP contribution in [0.15, 0.2) is 67.3 Å². The summed E-state index contributed by atoms with van der Waals surface area (Å²) in [5, 5.41) is 17.3. The molecule has 0 radical (unpaired) electrons. The summed E-state index contributed by atoms with van der Waals surface area (Å²) in [4.78, 5) is 44.3. The van der Waals surface area contributed by atoms with Gasteiger partial charge in [-0.05, 0) is 70.6 Å². The van der Waals surface area contributed by atoms with Gasteiger partial charge in [0, 0.05) is 36.6 Å². The van der Waals surface area contributed by atoms with Crippen molar-refractivity contribution in [3.05, 3.63) is 84.1 Å². The Balaban J connectivity index is 1.26. The number of rotatable bonds is 9. The van der Waals surface area contributed by atoms with Gasteiger partial charge in [-0.1, -0.05) is 43.0 Å². The molecule has 3 aromatic rings. The number of carbonyl (C=O) groups is 3. The van der Waals surface area contributed by atoms with E-state index in [0.717, 1.165) is 35.3 Å². The van der Waals surface area contributed by atoms with E-state index in [2.05, 4.69) is 37.6 Å². The number of hydrogen-bond donors (Lipinski definition) is 4. The van der Waals surface area contributed by atoms with Gasteiger partial charge in [-0.25, -0.2) is 4.79 Å². The molecule has 1 aromatic heterocycles. The van der Waals surface area contributed by atoms with Crippen molar-refractivity contribution in [1.29, 1.82) is 0 Å². The SMILES string of the molecule is C=CC(=O)N1CCCC(C(=O)Nc2cccc(Nc3n[nH]c4c3CN(C(=O)N[C@H](CN(C)C)c3ccccc3)C4(C)C)c2)C1. The molecule has 4 amide bonds. The maximum absolute atomic E-state index is 13.7. The minimum absolute atomic E-state index is 0.115. The first-order valence-electron chi connectivity index (χ1n) is 15.0. The average molecular weight is 599 g/mol. The average Bonchev–Trinajstić information content (AvgIpc) is 3.54. The van der Waals surface area contributed by atoms with E-state index in [-0.39, 0.29) is 29.8 Å². The second-order valence-electron chi connectivity index (χ2n) is 12.3. The van der Waals surface area contributed by atoms with Crippen molar-refractivity contribution >= 4 is 35.0 Å². The Morgan fingerprint density at radius 2 is 1.89 bits per heavy atom. The molecule has 4 N–H and O–H groups in total. The number of hydrogen-bond acceptors (Lipinski definition) is 6. The van der Waals surface area contributed by atoms with Crippen LogP contribution in [-0.4, -0.2) is 76.5 Å². The number of carbonyl (C=O) groups excluding carboxylic acids is 3. The highest BCUT2D eigenvalue weighted by atomic mass is 16.2. The number of nitrogens with one attached hydrogen (secondary N) is 4. The number of urea groups is 1. The van der Waals surface area contributed by atoms with Crippen molar-refractivity contribution in [1.82, 2.24) is 30.2 Å². The van der Waals surface area contributed by atoms with Crippen LogP contribution in [0.5, 0.6) is 0 Å². The number of likely N-dealkylation sites (N-methyl/N-ethyl adjacent to an activating group) is 1. The maximum Gasteiger partial charge on any atom is 0.319 e. The quantitative estimate of drug-likeness (QED) is 0.267. The third-order valence-electron chi connectivity index (χ3n) is 8.43. The summed E-state index contributed by atoms with van der Waals surface area (Å²) in [6.07, 6.45) is 2.79. The first-order chi connectivity index (χ1) is 21.1. The zero-order chi connectivity index (χ0) is 31.4. The van der Waals surface area contributed by atoms with Crippen LogP contribution in [0, 0.1) is 5.92 Å². The molecular weight excluding hydrogens is 556 g/mol. The van der Waals surface area contributed by atoms with Gasteiger partial charge >= 0.3 is 6.03 Å². The number of likely N-dealkylation sites (tertiary alicyclic amines) is 1. The van der Waals surface area contributed by atoms with Gasteiger partial charge in [0.25, 0.3) is 0 Å². The highest BCUT2D eigenvalue weighted by Gasteiger charge is 2.44. The monoisotopic (exact) mass is 598 g/mol. The molecule has 0 aliphatic carbocycles. The van der Waals surface area contributed by atoms with E-state index in [1.807, 2.05) is 87.4 Å². The molecule has 0 bridgehead atoms. The van der Waals surface area contributed by atoms with Crippen LogP contribution in [0.3, 0.4) is 0 Å². The zero-order valence-corrected chi connectivity index (χ0v) is 25.9. The van der Waals surface area contributed by atoms with Crippen LogP contribution in [0.4, 0.5) is 22.0 Å². The number of piperidine rings is 1. The molecule has 1 unspecified atom stereocenters. The molecule has 2 aromatic carbocycles. The number of anilines is 3. The number of benzene rings is 2. The lowest BCUT2D eigenvalue weighted by Gasteiger charge is -2.34. The van der Waals surface area contributed by atoms with E-state index < -0.39 is 5.54 Å². The van der Waals surface area contributed by atoms with Crippen molar-refractivity contribution in [2.75, 3.05) is 44.4 Å². The Morgan fingerprint density at radius 3 is 2.61 bits per heavy atom. The van der Waals surface area contributed by atoms with Crippen molar-refractivity contribution in [3.8, 4) is 0 Å². The maximum atomic E-state index is 13.7. The standard InChI is InChI=1S/C33H42N8O3/c1-6-28(42)40-17-11-14-23(19-40)31(43)35-25-16-10-15-24(18-25)34-30-26-20-41(33(2,3)29(26)37-38-30)32(44)36-27(21-39(4)5)22-12-8-7-9-13-22/h6-10,12-13,15-16,18,23,27H,1,11,14,17,19-21H2,2-5H3,(H,35,43)(H,36,44)(H2,34,37,38)/t23?,27-/m1/s1. The number of H-pyrrole nitrogens is 1. The largest absolute Gasteiger partial charge is 0.338 e. The van der Waals surface area contributed by atoms with E-state index in [9.17, 15) is 14.4 Å². The summed E-state index contributed by atoms with van der Waals surface area (Å²) in [5.74, 6) is 0.0861. The van der Waals surface area contributed by atoms with Gasteiger partial charge in [-0.2, -0.15) is 5.10 Å². The van der Waals surface area contributed by atoms with Gasteiger partial charge < -0.3 is 30.7 Å². The normalized spacial score (nSPS) is 18.0. The third kappa shape index (κ3) is 6.62. The molecule has 0 spiro atoms. The molecule has 5 rings (SSSR count). The third-order valence-corrected chi connectivity index (χ3v) is 8.43. The molecular formula is C33H42N8O3. The van der Waals surface area contributed by atoms with Crippen LogP contribution in [-0.2, 0) is 21.7 Å². The van der Waals surface area contributed by atoms with Crippen molar-refractivity contribution in [2.45, 2.75) is 44.8 Å². The van der Waals surface area contributed by atoms with Gasteiger partial charge in [0.05, 0.1) is 29.7 Å². The van der Waals surface area contributed by atoms with Gasteiger partial charge in [-0.15, -0.1) is 0 Å². The predicted molar refractivity (Wildman–Crippen MR) is 171 cm³/mol. The molecule has 232 valence electrons. The van der Waals surface area contributed by atoms with Gasteiger partial charge in [0.2, 0.25) is 11.8 Å². The summed E-state index contributed by atoms with van der Waals surface area (Å²) < 4.78 is 0. The number of amides is 4. The summed E-state index contributed by atoms with van der Waals surface area (Å²) >= 11 is 0. The smallest absolute Gasteiger partial charge is 0.319 e. The summed E-state index contributed by atoms with van der Waals surface area (Å²) in [6.45, 7) is 9.65. The first kappa shape index (κ1) is 30.8. The van der Waals surface area contributed by atoms with E-state index in [1.54, 1.807) is 4.90 Å². The summed E-state index contributed by atoms with van der Waals surface area (Å²) in [7, 11) is 3.99. The minimum Gasteiger partial charge on any atom is -0.338 e. The van der Waals surface area contributed by atoms with E-state index in [0.29, 0.717) is 37.7 Å². The van der Waals surface area contributed by atoms with E-state index in [1.165, 1.54) is 6.08 Å². The van der Waals surface area contributed by atoms with Gasteiger partial charge in [-0.3, -0.25) is 14.7 Å². The molecule has 2 atom stereocenters. The predicted octanol–water partition coefficient (Wildman–Crippen LogP) is 4.58. The van der Waals surface area contributed by atoms with Crippen molar-refractivity contribution < 1.29 is 14.4 Å². The number of fused-ring (bicyclic) bond motifs is 1. The van der Waals surface area contributed by atoms with Crippen LogP contribution < -0.4 is 16.0 Å². The Hall–Kier alpha value is -4.64. The molecule has 2 aliphatic heterocycles. The molecule has 0 saturated carbocycles. The fourth-order valence-electron chi connectivity index (χ4n) is 6.03. The highest BCUT2D eigenvalue weighted by Crippen LogP contribution is 2.41. The van der Waals surface area contributed by atoms with Crippen molar-refractivity contribution in [2.24, 2.45) is 5.92 Å². The van der Waals surface area contributed by atoms with Gasteiger partial charge in [0.1, 0.15) is 0 Å².